The molecule has 2 amide bonds. The lowest BCUT2D eigenvalue weighted by atomic mass is 10.1. The van der Waals surface area contributed by atoms with Crippen LogP contribution in [-0.2, 0) is 0 Å². The van der Waals surface area contributed by atoms with Crippen LogP contribution in [0.15, 0.2) is 55.0 Å². The second-order valence-corrected chi connectivity index (χ2v) is 6.09. The van der Waals surface area contributed by atoms with Gasteiger partial charge in [-0.25, -0.2) is 9.78 Å². The molecule has 0 saturated carbocycles. The Morgan fingerprint density at radius 3 is 2.88 bits per heavy atom. The molecule has 3 aromatic rings. The van der Waals surface area contributed by atoms with E-state index in [1.807, 2.05) is 48.8 Å². The molecule has 2 atom stereocenters. The Morgan fingerprint density at radius 2 is 2.12 bits per heavy atom. The van der Waals surface area contributed by atoms with Crippen LogP contribution >= 0.6 is 0 Å². The number of nitrogens with one attached hydrogen (secondary N) is 3. The largest absolute Gasteiger partial charge is 0.361 e. The van der Waals surface area contributed by atoms with Gasteiger partial charge in [0.25, 0.3) is 0 Å². The SMILES string of the molecule is CC1CC(NC(=O)Nc2ccc(-c3ccc[nH]3)cc2)c2nccn21. The Morgan fingerprint density at radius 1 is 1.29 bits per heavy atom. The van der Waals surface area contributed by atoms with E-state index in [1.165, 1.54) is 0 Å². The van der Waals surface area contributed by atoms with Gasteiger partial charge in [0.1, 0.15) is 5.82 Å². The van der Waals surface area contributed by atoms with Crippen LogP contribution in [0, 0.1) is 0 Å². The third-order valence-electron chi connectivity index (χ3n) is 4.42. The van der Waals surface area contributed by atoms with Crippen molar-refractivity contribution in [3.05, 3.63) is 60.8 Å². The van der Waals surface area contributed by atoms with Crippen LogP contribution in [-0.4, -0.2) is 20.6 Å². The molecular formula is C18H19N5O. The maximum absolute atomic E-state index is 12.3. The van der Waals surface area contributed by atoms with Crippen molar-refractivity contribution in [1.82, 2.24) is 19.9 Å². The molecule has 24 heavy (non-hydrogen) atoms. The summed E-state index contributed by atoms with van der Waals surface area (Å²) in [5, 5.41) is 5.88. The van der Waals surface area contributed by atoms with E-state index in [0.717, 1.165) is 29.2 Å². The number of benzene rings is 1. The lowest BCUT2D eigenvalue weighted by Crippen LogP contribution is -2.31. The number of anilines is 1. The molecule has 6 heteroatoms. The molecule has 1 aromatic carbocycles. The molecular weight excluding hydrogens is 302 g/mol. The summed E-state index contributed by atoms with van der Waals surface area (Å²) in [5.41, 5.74) is 2.90. The van der Waals surface area contributed by atoms with Gasteiger partial charge in [-0.15, -0.1) is 0 Å². The summed E-state index contributed by atoms with van der Waals surface area (Å²) >= 11 is 0. The number of carbonyl (C=O) groups excluding carboxylic acids is 1. The van der Waals surface area contributed by atoms with Gasteiger partial charge in [-0.1, -0.05) is 12.1 Å². The van der Waals surface area contributed by atoms with E-state index >= 15 is 0 Å². The topological polar surface area (TPSA) is 74.7 Å². The van der Waals surface area contributed by atoms with Crippen LogP contribution < -0.4 is 10.6 Å². The van der Waals surface area contributed by atoms with E-state index in [0.29, 0.717) is 6.04 Å². The fourth-order valence-electron chi connectivity index (χ4n) is 3.22. The van der Waals surface area contributed by atoms with E-state index in [9.17, 15) is 4.79 Å². The Balaban J connectivity index is 1.40. The second-order valence-electron chi connectivity index (χ2n) is 6.09. The Kier molecular flexibility index (Phi) is 3.57. The average molecular weight is 321 g/mol. The Bertz CT molecular complexity index is 835. The highest BCUT2D eigenvalue weighted by molar-refractivity contribution is 5.89. The number of aromatic amines is 1. The number of urea groups is 1. The van der Waals surface area contributed by atoms with E-state index in [-0.39, 0.29) is 12.1 Å². The number of nitrogens with zero attached hydrogens (tertiary/aromatic N) is 2. The van der Waals surface area contributed by atoms with Crippen LogP contribution in [0.25, 0.3) is 11.3 Å². The normalized spacial score (nSPS) is 19.0. The van der Waals surface area contributed by atoms with Gasteiger partial charge in [-0.05, 0) is 43.2 Å². The Hall–Kier alpha value is -3.02. The van der Waals surface area contributed by atoms with Gasteiger partial charge >= 0.3 is 6.03 Å². The minimum atomic E-state index is -0.212. The average Bonchev–Trinajstić information content (AvgIpc) is 3.30. The number of hydrogen-bond donors (Lipinski definition) is 3. The van der Waals surface area contributed by atoms with E-state index < -0.39 is 0 Å². The molecule has 0 bridgehead atoms. The molecule has 0 radical (unpaired) electrons. The zero-order valence-corrected chi connectivity index (χ0v) is 13.4. The van der Waals surface area contributed by atoms with Crippen LogP contribution in [0.4, 0.5) is 10.5 Å². The second kappa shape index (κ2) is 5.88. The summed E-state index contributed by atoms with van der Waals surface area (Å²) in [6.45, 7) is 2.13. The number of H-pyrrole nitrogens is 1. The van der Waals surface area contributed by atoms with E-state index in [4.69, 9.17) is 0 Å². The number of imidazole rings is 1. The van der Waals surface area contributed by atoms with E-state index in [2.05, 4.69) is 32.1 Å². The molecule has 3 heterocycles. The molecule has 2 unspecified atom stereocenters. The molecule has 4 rings (SSSR count). The first-order valence-corrected chi connectivity index (χ1v) is 8.05. The molecule has 2 aromatic heterocycles. The lowest BCUT2D eigenvalue weighted by molar-refractivity contribution is 0.248. The lowest BCUT2D eigenvalue weighted by Gasteiger charge is -2.13. The highest BCUT2D eigenvalue weighted by atomic mass is 16.2. The van der Waals surface area contributed by atoms with Gasteiger partial charge in [0.05, 0.1) is 6.04 Å². The number of hydrogen-bond acceptors (Lipinski definition) is 2. The van der Waals surface area contributed by atoms with Crippen molar-refractivity contribution in [2.45, 2.75) is 25.4 Å². The molecule has 3 N–H and O–H groups in total. The van der Waals surface area contributed by atoms with Crippen molar-refractivity contribution in [1.29, 1.82) is 0 Å². The predicted octanol–water partition coefficient (Wildman–Crippen LogP) is 3.71. The van der Waals surface area contributed by atoms with Gasteiger partial charge < -0.3 is 20.2 Å². The van der Waals surface area contributed by atoms with Crippen molar-refractivity contribution in [2.75, 3.05) is 5.32 Å². The molecule has 6 nitrogen and oxygen atoms in total. The maximum Gasteiger partial charge on any atom is 0.319 e. The number of amides is 2. The van der Waals surface area contributed by atoms with Crippen LogP contribution in [0.2, 0.25) is 0 Å². The van der Waals surface area contributed by atoms with Crippen molar-refractivity contribution in [3.8, 4) is 11.3 Å². The van der Waals surface area contributed by atoms with Crippen LogP contribution in [0.1, 0.15) is 31.3 Å². The minimum Gasteiger partial charge on any atom is -0.361 e. The van der Waals surface area contributed by atoms with Gasteiger partial charge in [0, 0.05) is 36.0 Å². The number of rotatable bonds is 3. The molecule has 122 valence electrons. The van der Waals surface area contributed by atoms with Gasteiger partial charge in [-0.2, -0.15) is 0 Å². The van der Waals surface area contributed by atoms with Gasteiger partial charge in [-0.3, -0.25) is 0 Å². The van der Waals surface area contributed by atoms with Crippen molar-refractivity contribution < 1.29 is 4.79 Å². The molecule has 0 saturated heterocycles. The first-order chi connectivity index (χ1) is 11.7. The number of fused-ring (bicyclic) bond motifs is 1. The number of aromatic nitrogens is 3. The summed E-state index contributed by atoms with van der Waals surface area (Å²) in [6.07, 6.45) is 6.49. The monoisotopic (exact) mass is 321 g/mol. The predicted molar refractivity (Wildman–Crippen MR) is 92.7 cm³/mol. The summed E-state index contributed by atoms with van der Waals surface area (Å²) in [5.74, 6) is 0.916. The molecule has 1 aliphatic rings. The molecule has 0 fully saturated rings. The highest BCUT2D eigenvalue weighted by Crippen LogP contribution is 2.32. The zero-order chi connectivity index (χ0) is 16.5. The summed E-state index contributed by atoms with van der Waals surface area (Å²) in [4.78, 5) is 19.8. The Labute approximate surface area is 139 Å². The van der Waals surface area contributed by atoms with Gasteiger partial charge in [0.2, 0.25) is 0 Å². The molecule has 1 aliphatic heterocycles. The summed E-state index contributed by atoms with van der Waals surface area (Å²) in [7, 11) is 0. The summed E-state index contributed by atoms with van der Waals surface area (Å²) < 4.78 is 2.11. The number of carbonyl (C=O) groups is 1. The first kappa shape index (κ1) is 14.6. The van der Waals surface area contributed by atoms with Crippen molar-refractivity contribution in [3.63, 3.8) is 0 Å². The summed E-state index contributed by atoms with van der Waals surface area (Å²) in [6, 6.07) is 11.8. The highest BCUT2D eigenvalue weighted by Gasteiger charge is 2.30. The standard InChI is InChI=1S/C18H19N5O/c1-12-11-16(17-20-9-10-23(12)17)22-18(24)21-14-6-4-13(5-7-14)15-3-2-8-19-15/h2-10,12,16,19H,11H2,1H3,(H2,21,22,24). The van der Waals surface area contributed by atoms with Crippen LogP contribution in [0.5, 0.6) is 0 Å². The minimum absolute atomic E-state index is 0.0480. The van der Waals surface area contributed by atoms with E-state index in [1.54, 1.807) is 6.20 Å². The zero-order valence-electron chi connectivity index (χ0n) is 13.4. The molecule has 0 spiro atoms. The van der Waals surface area contributed by atoms with Crippen molar-refractivity contribution in [2.24, 2.45) is 0 Å². The molecule has 0 aliphatic carbocycles. The maximum atomic E-state index is 12.3. The van der Waals surface area contributed by atoms with Crippen molar-refractivity contribution >= 4 is 11.7 Å². The smallest absolute Gasteiger partial charge is 0.319 e. The quantitative estimate of drug-likeness (QED) is 0.688. The van der Waals surface area contributed by atoms with Crippen LogP contribution in [0.3, 0.4) is 0 Å². The third kappa shape index (κ3) is 2.67. The van der Waals surface area contributed by atoms with Gasteiger partial charge in [0.15, 0.2) is 0 Å². The third-order valence-corrected chi connectivity index (χ3v) is 4.42. The fourth-order valence-corrected chi connectivity index (χ4v) is 3.22. The first-order valence-electron chi connectivity index (χ1n) is 8.05. The fraction of sp³-hybridized carbons (Fsp3) is 0.222.